The van der Waals surface area contributed by atoms with Gasteiger partial charge in [0, 0.05) is 6.92 Å². The monoisotopic (exact) mass is 312 g/mol. The maximum Gasteiger partial charge on any atom is 0.302 e. The van der Waals surface area contributed by atoms with Crippen LogP contribution >= 0.6 is 0 Å². The van der Waals surface area contributed by atoms with Crippen molar-refractivity contribution >= 4 is 5.97 Å². The maximum atomic E-state index is 10.5. The predicted molar refractivity (Wildman–Crippen MR) is 81.0 cm³/mol. The van der Waals surface area contributed by atoms with E-state index in [0.717, 1.165) is 5.75 Å². The highest BCUT2D eigenvalue weighted by Gasteiger charge is 1.95. The molecule has 0 spiro atoms. The SMILES string of the molecule is CC(=O)OCCOCCOCCOCCOc1ccccc1. The van der Waals surface area contributed by atoms with Gasteiger partial charge in [0.05, 0.1) is 39.6 Å². The summed E-state index contributed by atoms with van der Waals surface area (Å²) in [6, 6.07) is 9.62. The third-order valence-corrected chi connectivity index (χ3v) is 2.52. The summed E-state index contributed by atoms with van der Waals surface area (Å²) in [5.41, 5.74) is 0. The number of para-hydroxylation sites is 1. The average molecular weight is 312 g/mol. The molecular formula is C16H24O6. The third-order valence-electron chi connectivity index (χ3n) is 2.52. The van der Waals surface area contributed by atoms with Crippen LogP contribution in [-0.2, 0) is 23.7 Å². The molecule has 0 aromatic heterocycles. The molecule has 0 heterocycles. The van der Waals surface area contributed by atoms with Crippen molar-refractivity contribution in [2.75, 3.05) is 52.9 Å². The second-order valence-electron chi connectivity index (χ2n) is 4.34. The molecule has 0 radical (unpaired) electrons. The van der Waals surface area contributed by atoms with Gasteiger partial charge in [-0.15, -0.1) is 0 Å². The maximum absolute atomic E-state index is 10.5. The van der Waals surface area contributed by atoms with Crippen LogP contribution in [-0.4, -0.2) is 58.8 Å². The minimum atomic E-state index is -0.298. The molecule has 0 fully saturated rings. The van der Waals surface area contributed by atoms with E-state index in [-0.39, 0.29) is 12.6 Å². The highest BCUT2D eigenvalue weighted by molar-refractivity contribution is 5.65. The zero-order valence-corrected chi connectivity index (χ0v) is 13.0. The van der Waals surface area contributed by atoms with Gasteiger partial charge < -0.3 is 23.7 Å². The Labute approximate surface area is 131 Å². The number of hydrogen-bond acceptors (Lipinski definition) is 6. The van der Waals surface area contributed by atoms with Crippen molar-refractivity contribution in [3.63, 3.8) is 0 Å². The molecule has 0 bridgehead atoms. The summed E-state index contributed by atoms with van der Waals surface area (Å²) < 4.78 is 26.1. The Hall–Kier alpha value is -1.63. The zero-order chi connectivity index (χ0) is 15.9. The van der Waals surface area contributed by atoms with Crippen LogP contribution in [0.15, 0.2) is 30.3 Å². The number of hydrogen-bond donors (Lipinski definition) is 0. The Morgan fingerprint density at radius 2 is 1.27 bits per heavy atom. The van der Waals surface area contributed by atoms with Gasteiger partial charge in [-0.05, 0) is 12.1 Å². The molecule has 0 aliphatic rings. The van der Waals surface area contributed by atoms with Crippen LogP contribution in [0.2, 0.25) is 0 Å². The van der Waals surface area contributed by atoms with Gasteiger partial charge in [-0.1, -0.05) is 18.2 Å². The summed E-state index contributed by atoms with van der Waals surface area (Å²) in [5, 5.41) is 0. The normalized spacial score (nSPS) is 10.4. The summed E-state index contributed by atoms with van der Waals surface area (Å²) in [6.07, 6.45) is 0. The fourth-order valence-electron chi connectivity index (χ4n) is 1.52. The number of benzene rings is 1. The van der Waals surface area contributed by atoms with Crippen LogP contribution in [0.25, 0.3) is 0 Å². The molecule has 124 valence electrons. The van der Waals surface area contributed by atoms with E-state index in [2.05, 4.69) is 0 Å². The highest BCUT2D eigenvalue weighted by atomic mass is 16.6. The standard InChI is InChI=1S/C16H24O6/c1-15(17)21-13-11-19-9-7-18-8-10-20-12-14-22-16-5-3-2-4-6-16/h2-6H,7-14H2,1H3. The largest absolute Gasteiger partial charge is 0.491 e. The predicted octanol–water partition coefficient (Wildman–Crippen LogP) is 1.68. The van der Waals surface area contributed by atoms with Gasteiger partial charge in [0.15, 0.2) is 0 Å². The van der Waals surface area contributed by atoms with Gasteiger partial charge in [0.25, 0.3) is 0 Å². The van der Waals surface area contributed by atoms with Crippen LogP contribution < -0.4 is 4.74 Å². The lowest BCUT2D eigenvalue weighted by atomic mass is 10.3. The van der Waals surface area contributed by atoms with Crippen LogP contribution in [0.4, 0.5) is 0 Å². The van der Waals surface area contributed by atoms with E-state index in [1.165, 1.54) is 6.92 Å². The highest BCUT2D eigenvalue weighted by Crippen LogP contribution is 2.07. The molecule has 0 N–H and O–H groups in total. The molecule has 1 rings (SSSR count). The fourth-order valence-corrected chi connectivity index (χ4v) is 1.52. The van der Waals surface area contributed by atoms with Crippen LogP contribution in [0.3, 0.4) is 0 Å². The molecule has 1 aromatic carbocycles. The molecule has 6 heteroatoms. The molecule has 0 aliphatic carbocycles. The summed E-state index contributed by atoms with van der Waals surface area (Å²) in [6.45, 7) is 5.07. The first-order valence-corrected chi connectivity index (χ1v) is 7.33. The van der Waals surface area contributed by atoms with Gasteiger partial charge in [0.2, 0.25) is 0 Å². The van der Waals surface area contributed by atoms with E-state index >= 15 is 0 Å². The van der Waals surface area contributed by atoms with E-state index in [1.54, 1.807) is 0 Å². The molecule has 0 unspecified atom stereocenters. The van der Waals surface area contributed by atoms with Gasteiger partial charge in [-0.2, -0.15) is 0 Å². The fraction of sp³-hybridized carbons (Fsp3) is 0.562. The van der Waals surface area contributed by atoms with Gasteiger partial charge in [-0.25, -0.2) is 0 Å². The van der Waals surface area contributed by atoms with Crippen molar-refractivity contribution < 1.29 is 28.5 Å². The summed E-state index contributed by atoms with van der Waals surface area (Å²) in [4.78, 5) is 10.5. The van der Waals surface area contributed by atoms with Crippen LogP contribution in [0, 0.1) is 0 Å². The minimum absolute atomic E-state index is 0.278. The summed E-state index contributed by atoms with van der Waals surface area (Å²) >= 11 is 0. The molecule has 0 atom stereocenters. The Bertz CT molecular complexity index is 381. The number of carbonyl (C=O) groups excluding carboxylic acids is 1. The van der Waals surface area contributed by atoms with Crippen molar-refractivity contribution in [1.29, 1.82) is 0 Å². The van der Waals surface area contributed by atoms with Crippen molar-refractivity contribution in [1.82, 2.24) is 0 Å². The van der Waals surface area contributed by atoms with E-state index in [4.69, 9.17) is 23.7 Å². The summed E-state index contributed by atoms with van der Waals surface area (Å²) in [5.74, 6) is 0.543. The molecule has 0 saturated heterocycles. The lowest BCUT2D eigenvalue weighted by Gasteiger charge is -2.08. The molecule has 1 aromatic rings. The van der Waals surface area contributed by atoms with Crippen molar-refractivity contribution in [3.8, 4) is 5.75 Å². The lowest BCUT2D eigenvalue weighted by molar-refractivity contribution is -0.142. The molecule has 0 amide bonds. The van der Waals surface area contributed by atoms with Crippen LogP contribution in [0.5, 0.6) is 5.75 Å². The molecular weight excluding hydrogens is 288 g/mol. The first-order valence-electron chi connectivity index (χ1n) is 7.33. The first-order chi connectivity index (χ1) is 10.8. The van der Waals surface area contributed by atoms with Crippen molar-refractivity contribution in [2.45, 2.75) is 6.92 Å². The summed E-state index contributed by atoms with van der Waals surface area (Å²) in [7, 11) is 0. The number of carbonyl (C=O) groups is 1. The Morgan fingerprint density at radius 3 is 1.82 bits per heavy atom. The lowest BCUT2D eigenvalue weighted by Crippen LogP contribution is -2.14. The van der Waals surface area contributed by atoms with E-state index in [9.17, 15) is 4.79 Å². The minimum Gasteiger partial charge on any atom is -0.491 e. The van der Waals surface area contributed by atoms with Crippen LogP contribution in [0.1, 0.15) is 6.92 Å². The molecule has 22 heavy (non-hydrogen) atoms. The molecule has 6 nitrogen and oxygen atoms in total. The topological polar surface area (TPSA) is 63.2 Å². The number of esters is 1. The van der Waals surface area contributed by atoms with E-state index < -0.39 is 0 Å². The Balaban J connectivity index is 1.76. The van der Waals surface area contributed by atoms with Gasteiger partial charge in [-0.3, -0.25) is 4.79 Å². The van der Waals surface area contributed by atoms with Crippen molar-refractivity contribution in [2.24, 2.45) is 0 Å². The smallest absolute Gasteiger partial charge is 0.302 e. The Kier molecular flexibility index (Phi) is 10.9. The van der Waals surface area contributed by atoms with Gasteiger partial charge >= 0.3 is 5.97 Å². The number of rotatable bonds is 13. The molecule has 0 saturated carbocycles. The third kappa shape index (κ3) is 11.1. The Morgan fingerprint density at radius 1 is 0.773 bits per heavy atom. The second-order valence-corrected chi connectivity index (χ2v) is 4.34. The quantitative estimate of drug-likeness (QED) is 0.408. The second kappa shape index (κ2) is 13.1. The van der Waals surface area contributed by atoms with E-state index in [1.807, 2.05) is 30.3 Å². The zero-order valence-electron chi connectivity index (χ0n) is 13.0. The van der Waals surface area contributed by atoms with Gasteiger partial charge in [0.1, 0.15) is 19.0 Å². The molecule has 0 aliphatic heterocycles. The van der Waals surface area contributed by atoms with E-state index in [0.29, 0.717) is 46.2 Å². The number of ether oxygens (including phenoxy) is 5. The van der Waals surface area contributed by atoms with Crippen molar-refractivity contribution in [3.05, 3.63) is 30.3 Å². The first kappa shape index (κ1) is 18.4. The average Bonchev–Trinajstić information content (AvgIpc) is 2.52.